The SMILES string of the molecule is CC1=C(C)C(C)(C)C=C(N2COc3ccc(C(C)(c4ccc5c(c4)CN(c4cccc(C)c4)CO5)c4ccc5c(c4)CN(c4cccc(C)c4)CO5)cc3C2)C1C. The van der Waals surface area contributed by atoms with E-state index < -0.39 is 5.41 Å². The molecule has 292 valence electrons. The summed E-state index contributed by atoms with van der Waals surface area (Å²) in [7, 11) is 0. The van der Waals surface area contributed by atoms with Crippen LogP contribution in [-0.4, -0.2) is 25.1 Å². The van der Waals surface area contributed by atoms with E-state index >= 15 is 0 Å². The van der Waals surface area contributed by atoms with Gasteiger partial charge in [-0.05, 0) is 123 Å². The summed E-state index contributed by atoms with van der Waals surface area (Å²) in [5.41, 5.74) is 15.8. The van der Waals surface area contributed by atoms with Crippen molar-refractivity contribution in [1.82, 2.24) is 4.90 Å². The summed E-state index contributed by atoms with van der Waals surface area (Å²) in [6, 6.07) is 37.9. The van der Waals surface area contributed by atoms with E-state index in [1.165, 1.54) is 72.7 Å². The predicted octanol–water partition coefficient (Wildman–Crippen LogP) is 11.4. The van der Waals surface area contributed by atoms with Gasteiger partial charge in [-0.1, -0.05) is 80.5 Å². The maximum atomic E-state index is 6.55. The van der Waals surface area contributed by atoms with Crippen molar-refractivity contribution >= 4 is 11.4 Å². The molecule has 6 nitrogen and oxygen atoms in total. The Morgan fingerprint density at radius 1 is 0.561 bits per heavy atom. The van der Waals surface area contributed by atoms with Crippen LogP contribution in [0.5, 0.6) is 17.2 Å². The Hall–Kier alpha value is -5.62. The molecular formula is C51H55N3O3. The summed E-state index contributed by atoms with van der Waals surface area (Å²) in [6.07, 6.45) is 2.47. The number of benzene rings is 5. The first-order chi connectivity index (χ1) is 27.4. The van der Waals surface area contributed by atoms with E-state index in [9.17, 15) is 0 Å². The molecular weight excluding hydrogens is 703 g/mol. The zero-order valence-electron chi connectivity index (χ0n) is 34.8. The van der Waals surface area contributed by atoms with Crippen molar-refractivity contribution < 1.29 is 14.2 Å². The molecule has 0 spiro atoms. The third-order valence-corrected chi connectivity index (χ3v) is 13.4. The second kappa shape index (κ2) is 14.1. The number of nitrogens with zero attached hydrogens (tertiary/aromatic N) is 3. The van der Waals surface area contributed by atoms with Crippen molar-refractivity contribution in [2.45, 2.75) is 80.4 Å². The van der Waals surface area contributed by atoms with Crippen LogP contribution in [0.1, 0.15) is 86.1 Å². The molecule has 3 heterocycles. The quantitative estimate of drug-likeness (QED) is 0.127. The number of allylic oxidation sites excluding steroid dienone is 3. The highest BCUT2D eigenvalue weighted by atomic mass is 16.5. The molecule has 0 bridgehead atoms. The van der Waals surface area contributed by atoms with E-state index in [4.69, 9.17) is 14.2 Å². The molecule has 0 saturated carbocycles. The van der Waals surface area contributed by atoms with E-state index in [-0.39, 0.29) is 5.41 Å². The standard InChI is InChI=1S/C51H55N3O3/c1-33-11-9-13-44(21-33)52-27-38-23-41(15-18-47(38)55-30-52)51(8,42-16-19-48-39(24-42)28-53(31-56-48)45-14-10-12-34(2)22-45)43-17-20-49-40(25-43)29-54(32-57-49)46-26-50(6,7)37(5)35(3)36(46)4/h9-26,36H,27-32H2,1-8H3. The zero-order valence-corrected chi connectivity index (χ0v) is 34.8. The van der Waals surface area contributed by atoms with Crippen LogP contribution < -0.4 is 24.0 Å². The lowest BCUT2D eigenvalue weighted by Crippen LogP contribution is -2.37. The van der Waals surface area contributed by atoms with Gasteiger partial charge in [0.2, 0.25) is 0 Å². The maximum Gasteiger partial charge on any atom is 0.161 e. The van der Waals surface area contributed by atoms with E-state index in [0.717, 1.165) is 36.9 Å². The number of fused-ring (bicyclic) bond motifs is 3. The van der Waals surface area contributed by atoms with Crippen molar-refractivity contribution in [3.8, 4) is 17.2 Å². The number of rotatable bonds is 6. The average Bonchev–Trinajstić information content (AvgIpc) is 3.22. The lowest BCUT2D eigenvalue weighted by atomic mass is 9.70. The van der Waals surface area contributed by atoms with Crippen molar-refractivity contribution in [2.24, 2.45) is 11.3 Å². The fourth-order valence-corrected chi connectivity index (χ4v) is 9.33. The molecule has 5 aromatic rings. The van der Waals surface area contributed by atoms with Gasteiger partial charge in [-0.3, -0.25) is 0 Å². The topological polar surface area (TPSA) is 37.4 Å². The van der Waals surface area contributed by atoms with E-state index in [0.29, 0.717) is 26.1 Å². The molecule has 0 aromatic heterocycles. The van der Waals surface area contributed by atoms with Crippen LogP contribution in [0.2, 0.25) is 0 Å². The van der Waals surface area contributed by atoms with Gasteiger partial charge in [-0.2, -0.15) is 0 Å². The van der Waals surface area contributed by atoms with Crippen molar-refractivity contribution in [1.29, 1.82) is 0 Å². The third-order valence-electron chi connectivity index (χ3n) is 13.4. The molecule has 9 rings (SSSR count). The van der Waals surface area contributed by atoms with Crippen LogP contribution in [0.3, 0.4) is 0 Å². The Labute approximate surface area is 339 Å². The number of hydrogen-bond acceptors (Lipinski definition) is 6. The van der Waals surface area contributed by atoms with E-state index in [1.54, 1.807) is 0 Å². The summed E-state index contributed by atoms with van der Waals surface area (Å²) in [5, 5.41) is 0. The van der Waals surface area contributed by atoms with Gasteiger partial charge in [-0.15, -0.1) is 0 Å². The summed E-state index contributed by atoms with van der Waals surface area (Å²) in [6.45, 7) is 22.2. The summed E-state index contributed by atoms with van der Waals surface area (Å²) in [5.74, 6) is 3.20. The molecule has 0 saturated heterocycles. The van der Waals surface area contributed by atoms with E-state index in [1.807, 2.05) is 0 Å². The van der Waals surface area contributed by atoms with Crippen LogP contribution in [0.25, 0.3) is 0 Å². The van der Waals surface area contributed by atoms with E-state index in [2.05, 4.69) is 179 Å². The first-order valence-corrected chi connectivity index (χ1v) is 20.4. The first kappa shape index (κ1) is 37.0. The highest BCUT2D eigenvalue weighted by Crippen LogP contribution is 2.47. The van der Waals surface area contributed by atoms with Gasteiger partial charge in [0.05, 0.1) is 0 Å². The second-order valence-electron chi connectivity index (χ2n) is 17.5. The summed E-state index contributed by atoms with van der Waals surface area (Å²) >= 11 is 0. The molecule has 0 N–H and O–H groups in total. The maximum absolute atomic E-state index is 6.55. The highest BCUT2D eigenvalue weighted by Gasteiger charge is 2.37. The van der Waals surface area contributed by atoms with Gasteiger partial charge < -0.3 is 28.9 Å². The average molecular weight is 758 g/mol. The van der Waals surface area contributed by atoms with Crippen molar-refractivity contribution in [3.63, 3.8) is 0 Å². The Morgan fingerprint density at radius 3 is 1.42 bits per heavy atom. The molecule has 0 fully saturated rings. The van der Waals surface area contributed by atoms with Gasteiger partial charge in [0, 0.05) is 70.1 Å². The van der Waals surface area contributed by atoms with Crippen LogP contribution in [0, 0.1) is 25.2 Å². The summed E-state index contributed by atoms with van der Waals surface area (Å²) < 4.78 is 19.3. The molecule has 0 amide bonds. The number of anilines is 2. The van der Waals surface area contributed by atoms with Crippen molar-refractivity contribution in [3.05, 3.63) is 171 Å². The Kier molecular flexibility index (Phi) is 9.14. The van der Waals surface area contributed by atoms with Gasteiger partial charge in [0.25, 0.3) is 0 Å². The summed E-state index contributed by atoms with van der Waals surface area (Å²) in [4.78, 5) is 7.08. The van der Waals surface area contributed by atoms with Crippen LogP contribution in [0.15, 0.2) is 126 Å². The van der Waals surface area contributed by atoms with Crippen molar-refractivity contribution in [2.75, 3.05) is 30.0 Å². The van der Waals surface area contributed by atoms with Gasteiger partial charge in [0.15, 0.2) is 20.2 Å². The Bertz CT molecular complexity index is 2340. The third kappa shape index (κ3) is 6.63. The molecule has 0 radical (unpaired) electrons. The molecule has 57 heavy (non-hydrogen) atoms. The zero-order chi connectivity index (χ0) is 39.6. The highest BCUT2D eigenvalue weighted by molar-refractivity contribution is 5.59. The van der Waals surface area contributed by atoms with Gasteiger partial charge in [-0.25, -0.2) is 0 Å². The monoisotopic (exact) mass is 757 g/mol. The minimum absolute atomic E-state index is 0.00277. The largest absolute Gasteiger partial charge is 0.473 e. The van der Waals surface area contributed by atoms with Gasteiger partial charge in [0.1, 0.15) is 17.2 Å². The normalized spacial score (nSPS) is 18.8. The fraction of sp³-hybridized carbons (Fsp3) is 0.333. The molecule has 3 aliphatic heterocycles. The number of aryl methyl sites for hydroxylation is 2. The Balaban J connectivity index is 1.12. The van der Waals surface area contributed by atoms with Gasteiger partial charge >= 0.3 is 0 Å². The lowest BCUT2D eigenvalue weighted by Gasteiger charge is -2.42. The van der Waals surface area contributed by atoms with Crippen LogP contribution in [0.4, 0.5) is 11.4 Å². The fourth-order valence-electron chi connectivity index (χ4n) is 9.33. The predicted molar refractivity (Wildman–Crippen MR) is 231 cm³/mol. The molecule has 4 aliphatic rings. The minimum Gasteiger partial charge on any atom is -0.473 e. The van der Waals surface area contributed by atoms with Crippen LogP contribution in [-0.2, 0) is 25.0 Å². The molecule has 1 unspecified atom stereocenters. The second-order valence-corrected chi connectivity index (χ2v) is 17.5. The molecule has 1 atom stereocenters. The minimum atomic E-state index is -0.506. The molecule has 1 aliphatic carbocycles. The smallest absolute Gasteiger partial charge is 0.161 e. The number of ether oxygens (including phenoxy) is 3. The van der Waals surface area contributed by atoms with Crippen LogP contribution >= 0.6 is 0 Å². The lowest BCUT2D eigenvalue weighted by molar-refractivity contribution is 0.116. The first-order valence-electron chi connectivity index (χ1n) is 20.4. The molecule has 5 aromatic carbocycles. The number of hydrogen-bond donors (Lipinski definition) is 0. The molecule has 6 heteroatoms. The Morgan fingerprint density at radius 2 is 0.982 bits per heavy atom.